The van der Waals surface area contributed by atoms with Crippen LogP contribution in [0.3, 0.4) is 0 Å². The summed E-state index contributed by atoms with van der Waals surface area (Å²) in [4.78, 5) is 2.70. The normalized spacial score (nSPS) is 24.9. The molecule has 17 heavy (non-hydrogen) atoms. The molecule has 1 rings (SSSR count). The third kappa shape index (κ3) is 6.42. The molecule has 1 heterocycles. The standard InChI is InChI=1S/C15H32N2/c1-13(2)10-16-11-14(3)12-17-9-7-5-6-8-15(17)4/h13-16H,5-12H2,1-4H3. The first-order chi connectivity index (χ1) is 8.09. The summed E-state index contributed by atoms with van der Waals surface area (Å²) < 4.78 is 0. The highest BCUT2D eigenvalue weighted by Crippen LogP contribution is 2.17. The average molecular weight is 240 g/mol. The van der Waals surface area contributed by atoms with Gasteiger partial charge in [0.1, 0.15) is 0 Å². The van der Waals surface area contributed by atoms with E-state index in [1.54, 1.807) is 0 Å². The molecule has 0 amide bonds. The van der Waals surface area contributed by atoms with Gasteiger partial charge in [-0.3, -0.25) is 0 Å². The van der Waals surface area contributed by atoms with Gasteiger partial charge in [-0.1, -0.05) is 33.6 Å². The quantitative estimate of drug-likeness (QED) is 0.767. The Morgan fingerprint density at radius 2 is 1.88 bits per heavy atom. The molecule has 0 saturated carbocycles. The smallest absolute Gasteiger partial charge is 0.00670 e. The number of nitrogens with zero attached hydrogens (tertiary/aromatic N) is 1. The second kappa shape index (κ2) is 8.10. The molecule has 0 aliphatic carbocycles. The minimum atomic E-state index is 0.763. The highest BCUT2D eigenvalue weighted by atomic mass is 15.2. The van der Waals surface area contributed by atoms with Crippen LogP contribution in [0.4, 0.5) is 0 Å². The van der Waals surface area contributed by atoms with E-state index in [2.05, 4.69) is 37.9 Å². The maximum atomic E-state index is 3.58. The summed E-state index contributed by atoms with van der Waals surface area (Å²) in [6.45, 7) is 14.2. The third-order valence-corrected chi connectivity index (χ3v) is 3.78. The maximum absolute atomic E-state index is 3.58. The minimum Gasteiger partial charge on any atom is -0.316 e. The zero-order chi connectivity index (χ0) is 12.7. The van der Waals surface area contributed by atoms with Gasteiger partial charge in [0.05, 0.1) is 0 Å². The summed E-state index contributed by atoms with van der Waals surface area (Å²) in [5, 5.41) is 3.58. The van der Waals surface area contributed by atoms with Crippen LogP contribution in [-0.2, 0) is 0 Å². The van der Waals surface area contributed by atoms with E-state index in [4.69, 9.17) is 0 Å². The lowest BCUT2D eigenvalue weighted by molar-refractivity contribution is 0.183. The van der Waals surface area contributed by atoms with Crippen LogP contribution in [0.2, 0.25) is 0 Å². The molecule has 1 saturated heterocycles. The molecule has 1 aliphatic heterocycles. The van der Waals surface area contributed by atoms with Crippen molar-refractivity contribution in [3.8, 4) is 0 Å². The van der Waals surface area contributed by atoms with Crippen LogP contribution in [0.5, 0.6) is 0 Å². The van der Waals surface area contributed by atoms with Crippen molar-refractivity contribution in [3.05, 3.63) is 0 Å². The number of rotatable bonds is 6. The van der Waals surface area contributed by atoms with Crippen LogP contribution >= 0.6 is 0 Å². The Bertz CT molecular complexity index is 191. The summed E-state index contributed by atoms with van der Waals surface area (Å²) in [7, 11) is 0. The van der Waals surface area contributed by atoms with E-state index in [9.17, 15) is 0 Å². The van der Waals surface area contributed by atoms with E-state index in [-0.39, 0.29) is 0 Å². The van der Waals surface area contributed by atoms with Crippen LogP contribution in [0.15, 0.2) is 0 Å². The first-order valence-electron chi connectivity index (χ1n) is 7.54. The van der Waals surface area contributed by atoms with Crippen LogP contribution in [0.25, 0.3) is 0 Å². The van der Waals surface area contributed by atoms with E-state index in [1.807, 2.05) is 0 Å². The molecule has 1 aliphatic rings. The molecule has 2 unspecified atom stereocenters. The number of hydrogen-bond donors (Lipinski definition) is 1. The fourth-order valence-electron chi connectivity index (χ4n) is 2.69. The second-order valence-electron chi connectivity index (χ2n) is 6.35. The van der Waals surface area contributed by atoms with Crippen LogP contribution in [0, 0.1) is 11.8 Å². The average Bonchev–Trinajstić information content (AvgIpc) is 2.44. The van der Waals surface area contributed by atoms with Gasteiger partial charge in [0.25, 0.3) is 0 Å². The number of hydrogen-bond acceptors (Lipinski definition) is 2. The fraction of sp³-hybridized carbons (Fsp3) is 1.00. The summed E-state index contributed by atoms with van der Waals surface area (Å²) in [6.07, 6.45) is 5.65. The molecule has 0 aromatic rings. The van der Waals surface area contributed by atoms with E-state index in [0.29, 0.717) is 0 Å². The van der Waals surface area contributed by atoms with E-state index < -0.39 is 0 Å². The highest BCUT2D eigenvalue weighted by molar-refractivity contribution is 4.74. The van der Waals surface area contributed by atoms with Gasteiger partial charge in [0.15, 0.2) is 0 Å². The summed E-state index contributed by atoms with van der Waals surface area (Å²) in [5.41, 5.74) is 0. The van der Waals surface area contributed by atoms with Gasteiger partial charge in [0.2, 0.25) is 0 Å². The van der Waals surface area contributed by atoms with Gasteiger partial charge in [-0.05, 0) is 51.2 Å². The minimum absolute atomic E-state index is 0.763. The van der Waals surface area contributed by atoms with E-state index in [0.717, 1.165) is 24.4 Å². The Balaban J connectivity index is 2.21. The molecule has 0 aromatic carbocycles. The molecule has 1 fully saturated rings. The van der Waals surface area contributed by atoms with Crippen molar-refractivity contribution in [1.82, 2.24) is 10.2 Å². The largest absolute Gasteiger partial charge is 0.316 e. The van der Waals surface area contributed by atoms with Crippen molar-refractivity contribution in [2.24, 2.45) is 11.8 Å². The molecule has 2 atom stereocenters. The summed E-state index contributed by atoms with van der Waals surface area (Å²) >= 11 is 0. The first-order valence-corrected chi connectivity index (χ1v) is 7.54. The van der Waals surface area contributed by atoms with Gasteiger partial charge in [-0.25, -0.2) is 0 Å². The lowest BCUT2D eigenvalue weighted by atomic mass is 10.1. The molecule has 0 radical (unpaired) electrons. The number of likely N-dealkylation sites (tertiary alicyclic amines) is 1. The predicted octanol–water partition coefficient (Wildman–Crippen LogP) is 3.13. The molecule has 2 nitrogen and oxygen atoms in total. The fourth-order valence-corrected chi connectivity index (χ4v) is 2.69. The van der Waals surface area contributed by atoms with E-state index in [1.165, 1.54) is 45.3 Å². The van der Waals surface area contributed by atoms with Crippen molar-refractivity contribution >= 4 is 0 Å². The lowest BCUT2D eigenvalue weighted by Gasteiger charge is -2.30. The van der Waals surface area contributed by atoms with E-state index >= 15 is 0 Å². The molecule has 0 aromatic heterocycles. The zero-order valence-electron chi connectivity index (χ0n) is 12.3. The second-order valence-corrected chi connectivity index (χ2v) is 6.35. The molecule has 102 valence electrons. The van der Waals surface area contributed by atoms with Crippen LogP contribution in [0.1, 0.15) is 53.4 Å². The van der Waals surface area contributed by atoms with Crippen molar-refractivity contribution in [3.63, 3.8) is 0 Å². The van der Waals surface area contributed by atoms with Crippen LogP contribution in [-0.4, -0.2) is 37.1 Å². The SMILES string of the molecule is CC(C)CNCC(C)CN1CCCCCC1C. The maximum Gasteiger partial charge on any atom is 0.00670 e. The van der Waals surface area contributed by atoms with Crippen molar-refractivity contribution in [2.45, 2.75) is 59.4 Å². The summed E-state index contributed by atoms with van der Waals surface area (Å²) in [5.74, 6) is 1.54. The van der Waals surface area contributed by atoms with Gasteiger partial charge in [0, 0.05) is 12.6 Å². The topological polar surface area (TPSA) is 15.3 Å². The number of nitrogens with one attached hydrogen (secondary N) is 1. The van der Waals surface area contributed by atoms with Gasteiger partial charge in [-0.15, -0.1) is 0 Å². The summed E-state index contributed by atoms with van der Waals surface area (Å²) in [6, 6.07) is 0.796. The molecule has 0 bridgehead atoms. The predicted molar refractivity (Wildman–Crippen MR) is 76.4 cm³/mol. The third-order valence-electron chi connectivity index (χ3n) is 3.78. The molecular formula is C15H32N2. The van der Waals surface area contributed by atoms with Gasteiger partial charge >= 0.3 is 0 Å². The molecular weight excluding hydrogens is 208 g/mol. The van der Waals surface area contributed by atoms with Gasteiger partial charge < -0.3 is 10.2 Å². The Morgan fingerprint density at radius 1 is 1.12 bits per heavy atom. The molecule has 2 heteroatoms. The Morgan fingerprint density at radius 3 is 2.59 bits per heavy atom. The Kier molecular flexibility index (Phi) is 7.14. The Labute approximate surface area is 108 Å². The molecule has 1 N–H and O–H groups in total. The van der Waals surface area contributed by atoms with Crippen molar-refractivity contribution in [1.29, 1.82) is 0 Å². The Hall–Kier alpha value is -0.0800. The van der Waals surface area contributed by atoms with Crippen molar-refractivity contribution < 1.29 is 0 Å². The van der Waals surface area contributed by atoms with Crippen molar-refractivity contribution in [2.75, 3.05) is 26.2 Å². The highest BCUT2D eigenvalue weighted by Gasteiger charge is 2.18. The molecule has 0 spiro atoms. The monoisotopic (exact) mass is 240 g/mol. The van der Waals surface area contributed by atoms with Crippen LogP contribution < -0.4 is 5.32 Å². The zero-order valence-corrected chi connectivity index (χ0v) is 12.3. The first kappa shape index (κ1) is 15.0. The lowest BCUT2D eigenvalue weighted by Crippen LogP contribution is -2.39. The van der Waals surface area contributed by atoms with Gasteiger partial charge in [-0.2, -0.15) is 0 Å².